The van der Waals surface area contributed by atoms with Gasteiger partial charge in [0.2, 0.25) is 0 Å². The molecule has 1 aliphatic rings. The Morgan fingerprint density at radius 3 is 2.67 bits per heavy atom. The van der Waals surface area contributed by atoms with Crippen molar-refractivity contribution in [3.05, 3.63) is 40.7 Å². The molecule has 1 saturated carbocycles. The minimum Gasteiger partial charge on any atom is -0.391 e. The van der Waals surface area contributed by atoms with Gasteiger partial charge < -0.3 is 10.4 Å². The molecule has 0 bridgehead atoms. The van der Waals surface area contributed by atoms with Crippen molar-refractivity contribution >= 4 is 17.2 Å². The first kappa shape index (κ1) is 14.2. The first-order valence-electron chi connectivity index (χ1n) is 7.21. The van der Waals surface area contributed by atoms with Crippen molar-refractivity contribution in [2.45, 2.75) is 37.8 Å². The average Bonchev–Trinajstić information content (AvgIpc) is 3.04. The van der Waals surface area contributed by atoms with Crippen molar-refractivity contribution in [1.29, 1.82) is 0 Å². The van der Waals surface area contributed by atoms with Gasteiger partial charge in [-0.25, -0.2) is 4.98 Å². The molecule has 3 rings (SSSR count). The van der Waals surface area contributed by atoms with E-state index in [4.69, 9.17) is 0 Å². The molecule has 1 aliphatic carbocycles. The Morgan fingerprint density at radius 2 is 2.00 bits per heavy atom. The molecule has 2 unspecified atom stereocenters. The maximum atomic E-state index is 12.2. The lowest BCUT2D eigenvalue weighted by molar-refractivity contribution is 0.0717. The van der Waals surface area contributed by atoms with Crippen LogP contribution in [-0.4, -0.2) is 28.1 Å². The predicted octanol–water partition coefficient (Wildman–Crippen LogP) is 2.84. The smallest absolute Gasteiger partial charge is 0.251 e. The van der Waals surface area contributed by atoms with Crippen molar-refractivity contribution in [2.24, 2.45) is 0 Å². The molecule has 0 spiro atoms. The SMILES string of the molecule is O=C(NC1CCCCC1O)c1ccc(-c2cscn2)cc1. The molecule has 2 N–H and O–H groups in total. The van der Waals surface area contributed by atoms with E-state index in [9.17, 15) is 9.90 Å². The van der Waals surface area contributed by atoms with Crippen LogP contribution in [0.5, 0.6) is 0 Å². The number of carbonyl (C=O) groups excluding carboxylic acids is 1. The second-order valence-corrected chi connectivity index (χ2v) is 6.10. The Balaban J connectivity index is 1.67. The fraction of sp³-hybridized carbons (Fsp3) is 0.375. The van der Waals surface area contributed by atoms with Crippen molar-refractivity contribution < 1.29 is 9.90 Å². The zero-order chi connectivity index (χ0) is 14.7. The van der Waals surface area contributed by atoms with E-state index in [2.05, 4.69) is 10.3 Å². The fourth-order valence-electron chi connectivity index (χ4n) is 2.68. The topological polar surface area (TPSA) is 62.2 Å². The zero-order valence-electron chi connectivity index (χ0n) is 11.7. The number of hydrogen-bond acceptors (Lipinski definition) is 4. The molecule has 21 heavy (non-hydrogen) atoms. The Labute approximate surface area is 127 Å². The average molecular weight is 302 g/mol. The molecule has 4 nitrogen and oxygen atoms in total. The van der Waals surface area contributed by atoms with Gasteiger partial charge in [-0.2, -0.15) is 0 Å². The molecule has 0 aliphatic heterocycles. The summed E-state index contributed by atoms with van der Waals surface area (Å²) in [5.41, 5.74) is 4.34. The molecule has 0 saturated heterocycles. The lowest BCUT2D eigenvalue weighted by Gasteiger charge is -2.28. The molecule has 1 fully saturated rings. The maximum absolute atomic E-state index is 12.2. The fourth-order valence-corrected chi connectivity index (χ4v) is 3.24. The van der Waals surface area contributed by atoms with Crippen LogP contribution in [0, 0.1) is 0 Å². The quantitative estimate of drug-likeness (QED) is 0.916. The van der Waals surface area contributed by atoms with Crippen molar-refractivity contribution in [1.82, 2.24) is 10.3 Å². The van der Waals surface area contributed by atoms with Gasteiger partial charge >= 0.3 is 0 Å². The van der Waals surface area contributed by atoms with E-state index in [-0.39, 0.29) is 11.9 Å². The van der Waals surface area contributed by atoms with E-state index in [0.29, 0.717) is 5.56 Å². The van der Waals surface area contributed by atoms with Gasteiger partial charge in [-0.3, -0.25) is 4.79 Å². The summed E-state index contributed by atoms with van der Waals surface area (Å²) in [6.07, 6.45) is 3.30. The molecule has 1 aromatic heterocycles. The highest BCUT2D eigenvalue weighted by atomic mass is 32.1. The molecular weight excluding hydrogens is 284 g/mol. The number of carbonyl (C=O) groups is 1. The van der Waals surface area contributed by atoms with Crippen LogP contribution in [0.15, 0.2) is 35.2 Å². The lowest BCUT2D eigenvalue weighted by atomic mass is 9.92. The van der Waals surface area contributed by atoms with Crippen molar-refractivity contribution in [3.8, 4) is 11.3 Å². The highest BCUT2D eigenvalue weighted by molar-refractivity contribution is 7.07. The second kappa shape index (κ2) is 6.37. The van der Waals surface area contributed by atoms with E-state index < -0.39 is 6.10 Å². The van der Waals surface area contributed by atoms with E-state index in [1.54, 1.807) is 29.0 Å². The Hall–Kier alpha value is -1.72. The molecule has 5 heteroatoms. The number of aliphatic hydroxyl groups excluding tert-OH is 1. The molecule has 110 valence electrons. The molecule has 1 aromatic carbocycles. The van der Waals surface area contributed by atoms with E-state index in [1.807, 2.05) is 17.5 Å². The summed E-state index contributed by atoms with van der Waals surface area (Å²) in [6.45, 7) is 0. The molecule has 2 atom stereocenters. The normalized spacial score (nSPS) is 22.0. The summed E-state index contributed by atoms with van der Waals surface area (Å²) < 4.78 is 0. The number of thiazole rings is 1. The Kier molecular flexibility index (Phi) is 4.31. The first-order chi connectivity index (χ1) is 10.2. The number of hydrogen-bond donors (Lipinski definition) is 2. The van der Waals surface area contributed by atoms with Crippen molar-refractivity contribution in [3.63, 3.8) is 0 Å². The number of aliphatic hydroxyl groups is 1. The van der Waals surface area contributed by atoms with Gasteiger partial charge in [0, 0.05) is 16.5 Å². The third kappa shape index (κ3) is 3.31. The highest BCUT2D eigenvalue weighted by Crippen LogP contribution is 2.21. The van der Waals surface area contributed by atoms with E-state index >= 15 is 0 Å². The molecule has 1 heterocycles. The Bertz CT molecular complexity index is 595. The number of benzene rings is 1. The van der Waals surface area contributed by atoms with Gasteiger partial charge in [0.15, 0.2) is 0 Å². The van der Waals surface area contributed by atoms with Gasteiger partial charge in [0.25, 0.3) is 5.91 Å². The standard InChI is InChI=1S/C16H18N2O2S/c19-15-4-2-1-3-13(15)18-16(20)12-7-5-11(6-8-12)14-9-21-10-17-14/h5-10,13,15,19H,1-4H2,(H,18,20). The summed E-state index contributed by atoms with van der Waals surface area (Å²) in [6, 6.07) is 7.30. The maximum Gasteiger partial charge on any atom is 0.251 e. The van der Waals surface area contributed by atoms with Gasteiger partial charge in [-0.15, -0.1) is 11.3 Å². The summed E-state index contributed by atoms with van der Waals surface area (Å²) in [7, 11) is 0. The van der Waals surface area contributed by atoms with Crippen LogP contribution in [0.4, 0.5) is 0 Å². The van der Waals surface area contributed by atoms with Crippen LogP contribution in [0.1, 0.15) is 36.0 Å². The second-order valence-electron chi connectivity index (χ2n) is 5.38. The van der Waals surface area contributed by atoms with E-state index in [0.717, 1.165) is 36.9 Å². The van der Waals surface area contributed by atoms with Crippen LogP contribution in [-0.2, 0) is 0 Å². The first-order valence-corrected chi connectivity index (χ1v) is 8.16. The lowest BCUT2D eigenvalue weighted by Crippen LogP contribution is -2.45. The van der Waals surface area contributed by atoms with Gasteiger partial charge in [-0.1, -0.05) is 25.0 Å². The molecular formula is C16H18N2O2S. The predicted molar refractivity (Wildman–Crippen MR) is 83.3 cm³/mol. The Morgan fingerprint density at radius 1 is 1.24 bits per heavy atom. The van der Waals surface area contributed by atoms with E-state index in [1.165, 1.54) is 0 Å². The largest absolute Gasteiger partial charge is 0.391 e. The van der Waals surface area contributed by atoms with Crippen LogP contribution < -0.4 is 5.32 Å². The summed E-state index contributed by atoms with van der Waals surface area (Å²) in [5.74, 6) is -0.120. The van der Waals surface area contributed by atoms with Gasteiger partial charge in [-0.05, 0) is 25.0 Å². The zero-order valence-corrected chi connectivity index (χ0v) is 12.5. The molecule has 0 radical (unpaired) electrons. The summed E-state index contributed by atoms with van der Waals surface area (Å²) in [4.78, 5) is 16.5. The van der Waals surface area contributed by atoms with Crippen LogP contribution in [0.2, 0.25) is 0 Å². The number of nitrogens with one attached hydrogen (secondary N) is 1. The summed E-state index contributed by atoms with van der Waals surface area (Å²) >= 11 is 1.55. The van der Waals surface area contributed by atoms with Crippen molar-refractivity contribution in [2.75, 3.05) is 0 Å². The monoisotopic (exact) mass is 302 g/mol. The molecule has 2 aromatic rings. The number of nitrogens with zero attached hydrogens (tertiary/aromatic N) is 1. The number of rotatable bonds is 3. The summed E-state index contributed by atoms with van der Waals surface area (Å²) in [5, 5.41) is 14.8. The number of amides is 1. The van der Waals surface area contributed by atoms with Crippen LogP contribution >= 0.6 is 11.3 Å². The third-order valence-corrected chi connectivity index (χ3v) is 4.51. The minimum atomic E-state index is -0.419. The van der Waals surface area contributed by atoms with Gasteiger partial charge in [0.1, 0.15) is 0 Å². The van der Waals surface area contributed by atoms with Gasteiger partial charge in [0.05, 0.1) is 23.4 Å². The van der Waals surface area contributed by atoms with Crippen LogP contribution in [0.3, 0.4) is 0 Å². The van der Waals surface area contributed by atoms with Crippen LogP contribution in [0.25, 0.3) is 11.3 Å². The minimum absolute atomic E-state index is 0.120. The highest BCUT2D eigenvalue weighted by Gasteiger charge is 2.24. The third-order valence-electron chi connectivity index (χ3n) is 3.92. The number of aromatic nitrogens is 1. The molecule has 1 amide bonds.